The summed E-state index contributed by atoms with van der Waals surface area (Å²) in [6, 6.07) is -6.39. The summed E-state index contributed by atoms with van der Waals surface area (Å²) in [6.07, 6.45) is -2.57. The van der Waals surface area contributed by atoms with Gasteiger partial charge in [-0.2, -0.15) is 0 Å². The molecule has 4 amide bonds. The normalized spacial score (nSPS) is 14.1. The molecule has 4 atom stereocenters. The van der Waals surface area contributed by atoms with E-state index in [1.165, 1.54) is 0 Å². The minimum absolute atomic E-state index is 0.360. The van der Waals surface area contributed by atoms with Crippen LogP contribution in [0.4, 0.5) is 0 Å². The summed E-state index contributed by atoms with van der Waals surface area (Å²) in [7, 11) is 0. The highest BCUT2D eigenvalue weighted by atomic mass is 16.4. The van der Waals surface area contributed by atoms with Crippen LogP contribution in [0, 0.1) is 0 Å². The number of carboxylic acid groups (broad SMARTS) is 3. The predicted molar refractivity (Wildman–Crippen MR) is 106 cm³/mol. The van der Waals surface area contributed by atoms with Gasteiger partial charge in [-0.3, -0.25) is 28.8 Å². The molecule has 0 saturated carbocycles. The summed E-state index contributed by atoms with van der Waals surface area (Å²) in [5, 5.41) is 42.2. The summed E-state index contributed by atoms with van der Waals surface area (Å²) >= 11 is 0. The van der Waals surface area contributed by atoms with Gasteiger partial charge in [0.15, 0.2) is 0 Å². The van der Waals surface area contributed by atoms with Crippen LogP contribution in [0.15, 0.2) is 0 Å². The van der Waals surface area contributed by atoms with Gasteiger partial charge in [-0.25, -0.2) is 4.79 Å². The van der Waals surface area contributed by atoms with Crippen molar-refractivity contribution in [1.82, 2.24) is 16.0 Å². The van der Waals surface area contributed by atoms with Crippen LogP contribution in [0.2, 0.25) is 0 Å². The lowest BCUT2D eigenvalue weighted by Crippen LogP contribution is -2.58. The Hall–Kier alpha value is -3.79. The van der Waals surface area contributed by atoms with E-state index in [4.69, 9.17) is 26.8 Å². The lowest BCUT2D eigenvalue weighted by molar-refractivity contribution is -0.143. The molecule has 11 N–H and O–H groups in total. The number of aliphatic hydroxyl groups is 1. The number of carbonyl (C=O) groups excluding carboxylic acids is 4. The molecule has 0 aliphatic carbocycles. The highest BCUT2D eigenvalue weighted by Crippen LogP contribution is 2.03. The molecule has 0 rings (SSSR count). The predicted octanol–water partition coefficient (Wildman–Crippen LogP) is -4.55. The van der Waals surface area contributed by atoms with Gasteiger partial charge in [-0.05, 0) is 12.8 Å². The van der Waals surface area contributed by atoms with Crippen molar-refractivity contribution >= 4 is 41.5 Å². The van der Waals surface area contributed by atoms with Crippen molar-refractivity contribution in [3.05, 3.63) is 0 Å². The standard InChI is InChI=1S/C17H27N5O11/c18-7(5-13(27)28)14(29)20-8(2-4-12(25)26)15(30)22-10(6-23)16(31)21-9(17(32)33)1-3-11(19)24/h7-10,23H,1-6,18H2,(H2,19,24)(H,20,29)(H,21,31)(H,22,30)(H,25,26)(H,27,28)(H,32,33). The zero-order valence-electron chi connectivity index (χ0n) is 17.4. The minimum atomic E-state index is -1.70. The summed E-state index contributed by atoms with van der Waals surface area (Å²) in [5.74, 6) is -8.39. The summed E-state index contributed by atoms with van der Waals surface area (Å²) in [5.41, 5.74) is 10.3. The van der Waals surface area contributed by atoms with Crippen LogP contribution in [-0.4, -0.2) is 92.7 Å². The molecule has 0 aliphatic rings. The smallest absolute Gasteiger partial charge is 0.326 e. The molecule has 186 valence electrons. The molecule has 0 radical (unpaired) electrons. The molecular weight excluding hydrogens is 450 g/mol. The zero-order valence-corrected chi connectivity index (χ0v) is 17.4. The lowest BCUT2D eigenvalue weighted by atomic mass is 10.1. The zero-order chi connectivity index (χ0) is 25.7. The van der Waals surface area contributed by atoms with Gasteiger partial charge in [0.2, 0.25) is 23.6 Å². The molecule has 0 aliphatic heterocycles. The van der Waals surface area contributed by atoms with Crippen molar-refractivity contribution in [2.75, 3.05) is 6.61 Å². The highest BCUT2D eigenvalue weighted by molar-refractivity contribution is 5.95. The number of nitrogens with one attached hydrogen (secondary N) is 3. The van der Waals surface area contributed by atoms with E-state index in [1.807, 2.05) is 10.6 Å². The van der Waals surface area contributed by atoms with E-state index in [2.05, 4.69) is 5.32 Å². The quantitative estimate of drug-likeness (QED) is 0.101. The van der Waals surface area contributed by atoms with Crippen molar-refractivity contribution in [3.63, 3.8) is 0 Å². The topological polar surface area (TPSA) is 289 Å². The van der Waals surface area contributed by atoms with E-state index in [9.17, 15) is 38.7 Å². The van der Waals surface area contributed by atoms with Gasteiger partial charge in [-0.15, -0.1) is 0 Å². The monoisotopic (exact) mass is 477 g/mol. The number of hydrogen-bond donors (Lipinski definition) is 9. The molecular formula is C17H27N5O11. The Morgan fingerprint density at radius 1 is 0.697 bits per heavy atom. The molecule has 0 heterocycles. The maximum atomic E-state index is 12.5. The summed E-state index contributed by atoms with van der Waals surface area (Å²) in [4.78, 5) is 80.4. The van der Waals surface area contributed by atoms with Crippen LogP contribution in [0.3, 0.4) is 0 Å². The Labute approximate surface area is 186 Å². The molecule has 4 unspecified atom stereocenters. The first-order valence-corrected chi connectivity index (χ1v) is 9.50. The second kappa shape index (κ2) is 14.3. The molecule has 16 nitrogen and oxygen atoms in total. The van der Waals surface area contributed by atoms with Gasteiger partial charge in [0, 0.05) is 12.8 Å². The Balaban J connectivity index is 5.31. The Bertz CT molecular complexity index is 772. The van der Waals surface area contributed by atoms with E-state index in [0.717, 1.165) is 0 Å². The number of carboxylic acids is 3. The SMILES string of the molecule is NC(=O)CCC(NC(=O)C(CO)NC(=O)C(CCC(=O)O)NC(=O)C(N)CC(=O)O)C(=O)O. The van der Waals surface area contributed by atoms with Gasteiger partial charge < -0.3 is 47.8 Å². The van der Waals surface area contributed by atoms with Crippen LogP contribution < -0.4 is 27.4 Å². The molecule has 0 saturated heterocycles. The first-order chi connectivity index (χ1) is 15.3. The van der Waals surface area contributed by atoms with Crippen LogP contribution in [0.5, 0.6) is 0 Å². The first-order valence-electron chi connectivity index (χ1n) is 9.50. The van der Waals surface area contributed by atoms with E-state index >= 15 is 0 Å². The van der Waals surface area contributed by atoms with Crippen molar-refractivity contribution < 1.29 is 54.0 Å². The Morgan fingerprint density at radius 2 is 1.18 bits per heavy atom. The fraction of sp³-hybridized carbons (Fsp3) is 0.588. The maximum absolute atomic E-state index is 12.5. The number of carbonyl (C=O) groups is 7. The van der Waals surface area contributed by atoms with Crippen LogP contribution in [0.25, 0.3) is 0 Å². The van der Waals surface area contributed by atoms with Gasteiger partial charge in [0.25, 0.3) is 0 Å². The summed E-state index contributed by atoms with van der Waals surface area (Å²) in [6.45, 7) is -1.00. The fourth-order valence-corrected chi connectivity index (χ4v) is 2.38. The first kappa shape index (κ1) is 29.2. The summed E-state index contributed by atoms with van der Waals surface area (Å²) < 4.78 is 0. The lowest BCUT2D eigenvalue weighted by Gasteiger charge is -2.24. The largest absolute Gasteiger partial charge is 0.481 e. The van der Waals surface area contributed by atoms with Gasteiger partial charge in [-0.1, -0.05) is 0 Å². The minimum Gasteiger partial charge on any atom is -0.481 e. The number of aliphatic carboxylic acids is 3. The fourth-order valence-electron chi connectivity index (χ4n) is 2.38. The average molecular weight is 477 g/mol. The molecule has 16 heteroatoms. The van der Waals surface area contributed by atoms with E-state index in [-0.39, 0.29) is 12.8 Å². The van der Waals surface area contributed by atoms with E-state index in [0.29, 0.717) is 0 Å². The second-order valence-corrected chi connectivity index (χ2v) is 6.85. The number of rotatable bonds is 16. The van der Waals surface area contributed by atoms with Crippen molar-refractivity contribution in [2.24, 2.45) is 11.5 Å². The molecule has 0 aromatic rings. The Morgan fingerprint density at radius 3 is 1.64 bits per heavy atom. The molecule has 0 aromatic heterocycles. The van der Waals surface area contributed by atoms with Gasteiger partial charge >= 0.3 is 17.9 Å². The van der Waals surface area contributed by atoms with E-state index in [1.54, 1.807) is 0 Å². The molecule has 0 fully saturated rings. The molecule has 33 heavy (non-hydrogen) atoms. The van der Waals surface area contributed by atoms with Crippen molar-refractivity contribution in [2.45, 2.75) is 56.3 Å². The molecule has 0 aromatic carbocycles. The third-order valence-electron chi connectivity index (χ3n) is 4.12. The number of nitrogens with two attached hydrogens (primary N) is 2. The third kappa shape index (κ3) is 12.0. The second-order valence-electron chi connectivity index (χ2n) is 6.85. The number of amides is 4. The number of primary amides is 1. The van der Waals surface area contributed by atoms with Gasteiger partial charge in [0.1, 0.15) is 18.1 Å². The number of hydrogen-bond acceptors (Lipinski definition) is 9. The van der Waals surface area contributed by atoms with Crippen LogP contribution in [0.1, 0.15) is 32.1 Å². The molecule has 0 bridgehead atoms. The molecule has 0 spiro atoms. The van der Waals surface area contributed by atoms with Crippen LogP contribution >= 0.6 is 0 Å². The highest BCUT2D eigenvalue weighted by Gasteiger charge is 2.30. The average Bonchev–Trinajstić information content (AvgIpc) is 2.70. The number of aliphatic hydroxyl groups excluding tert-OH is 1. The maximum Gasteiger partial charge on any atom is 0.326 e. The van der Waals surface area contributed by atoms with Crippen molar-refractivity contribution in [1.29, 1.82) is 0 Å². The third-order valence-corrected chi connectivity index (χ3v) is 4.12. The van der Waals surface area contributed by atoms with E-state index < -0.39 is 91.6 Å². The van der Waals surface area contributed by atoms with Gasteiger partial charge in [0.05, 0.1) is 19.1 Å². The Kier molecular flexibility index (Phi) is 12.7. The van der Waals surface area contributed by atoms with Crippen LogP contribution in [-0.2, 0) is 33.6 Å². The van der Waals surface area contributed by atoms with Crippen molar-refractivity contribution in [3.8, 4) is 0 Å².